The van der Waals surface area contributed by atoms with Crippen molar-refractivity contribution in [1.29, 1.82) is 0 Å². The van der Waals surface area contributed by atoms with Crippen molar-refractivity contribution in [3.63, 3.8) is 0 Å². The number of hydrogen-bond acceptors (Lipinski definition) is 1. The molecule has 1 aromatic carbocycles. The van der Waals surface area contributed by atoms with E-state index in [9.17, 15) is 0 Å². The molecule has 0 bridgehead atoms. The molecule has 19 heavy (non-hydrogen) atoms. The quantitative estimate of drug-likeness (QED) is 0.854. The zero-order valence-electron chi connectivity index (χ0n) is 11.8. The van der Waals surface area contributed by atoms with Crippen LogP contribution in [-0.2, 0) is 0 Å². The van der Waals surface area contributed by atoms with Crippen molar-refractivity contribution in [1.82, 2.24) is 5.32 Å². The molecule has 1 nitrogen and oxygen atoms in total. The molecule has 3 fully saturated rings. The van der Waals surface area contributed by atoms with Gasteiger partial charge in [0.25, 0.3) is 0 Å². The summed E-state index contributed by atoms with van der Waals surface area (Å²) >= 11 is 0. The lowest BCUT2D eigenvalue weighted by molar-refractivity contribution is 0.256. The van der Waals surface area contributed by atoms with Gasteiger partial charge in [-0.25, -0.2) is 0 Å². The van der Waals surface area contributed by atoms with Crippen LogP contribution in [-0.4, -0.2) is 12.6 Å². The van der Waals surface area contributed by atoms with Gasteiger partial charge in [-0.05, 0) is 61.5 Å². The Morgan fingerprint density at radius 1 is 1.05 bits per heavy atom. The molecule has 3 aliphatic carbocycles. The predicted molar refractivity (Wildman–Crippen MR) is 79.2 cm³/mol. The molecule has 1 aromatic rings. The van der Waals surface area contributed by atoms with Gasteiger partial charge in [0.1, 0.15) is 0 Å². The molecule has 0 aliphatic heterocycles. The maximum Gasteiger partial charge on any atom is 0.00683 e. The Kier molecular flexibility index (Phi) is 2.91. The summed E-state index contributed by atoms with van der Waals surface area (Å²) in [6.07, 6.45) is 10.1. The molecule has 0 amide bonds. The minimum absolute atomic E-state index is 0.668. The molecule has 3 atom stereocenters. The summed E-state index contributed by atoms with van der Waals surface area (Å²) in [6.45, 7) is 1.29. The molecule has 0 radical (unpaired) electrons. The van der Waals surface area contributed by atoms with Crippen molar-refractivity contribution in [2.45, 2.75) is 56.9 Å². The number of nitrogens with one attached hydrogen (secondary N) is 1. The van der Waals surface area contributed by atoms with Crippen LogP contribution in [0.25, 0.3) is 0 Å². The van der Waals surface area contributed by atoms with Gasteiger partial charge in [0.05, 0.1) is 0 Å². The van der Waals surface area contributed by atoms with E-state index in [1.165, 1.54) is 51.5 Å². The van der Waals surface area contributed by atoms with E-state index in [0.717, 1.165) is 17.9 Å². The van der Waals surface area contributed by atoms with Crippen molar-refractivity contribution in [2.75, 3.05) is 6.54 Å². The van der Waals surface area contributed by atoms with Crippen LogP contribution in [0.15, 0.2) is 30.3 Å². The summed E-state index contributed by atoms with van der Waals surface area (Å²) in [5.74, 6) is 1.80. The molecule has 4 rings (SSSR count). The Bertz CT molecular complexity index is 436. The third-order valence-corrected chi connectivity index (χ3v) is 5.79. The lowest BCUT2D eigenvalue weighted by Gasteiger charge is -2.33. The van der Waals surface area contributed by atoms with Gasteiger partial charge in [-0.2, -0.15) is 0 Å². The molecule has 0 saturated heterocycles. The highest BCUT2D eigenvalue weighted by Crippen LogP contribution is 2.67. The molecule has 3 unspecified atom stereocenters. The molecule has 102 valence electrons. The predicted octanol–water partition coefficient (Wildman–Crippen LogP) is 4.10. The smallest absolute Gasteiger partial charge is 0.00683 e. The highest BCUT2D eigenvalue weighted by Gasteiger charge is 2.58. The molecular weight excluding hydrogens is 230 g/mol. The third-order valence-electron chi connectivity index (χ3n) is 5.79. The van der Waals surface area contributed by atoms with Crippen molar-refractivity contribution in [3.05, 3.63) is 35.9 Å². The summed E-state index contributed by atoms with van der Waals surface area (Å²) < 4.78 is 0. The topological polar surface area (TPSA) is 12.0 Å². The molecule has 1 heteroatoms. The van der Waals surface area contributed by atoms with E-state index in [0.29, 0.717) is 5.41 Å². The number of rotatable bonds is 4. The van der Waals surface area contributed by atoms with Gasteiger partial charge in [0, 0.05) is 6.04 Å². The van der Waals surface area contributed by atoms with Crippen LogP contribution in [0.4, 0.5) is 0 Å². The molecule has 0 heterocycles. The minimum atomic E-state index is 0.668. The van der Waals surface area contributed by atoms with E-state index < -0.39 is 0 Å². The highest BCUT2D eigenvalue weighted by molar-refractivity contribution is 5.27. The molecule has 3 aliphatic rings. The maximum atomic E-state index is 3.76. The minimum Gasteiger partial charge on any atom is -0.314 e. The van der Waals surface area contributed by atoms with Crippen LogP contribution >= 0.6 is 0 Å². The first-order chi connectivity index (χ1) is 9.38. The van der Waals surface area contributed by atoms with Crippen LogP contribution in [0.3, 0.4) is 0 Å². The largest absolute Gasteiger partial charge is 0.314 e. The van der Waals surface area contributed by atoms with Crippen molar-refractivity contribution < 1.29 is 0 Å². The zero-order chi connectivity index (χ0) is 12.7. The average molecular weight is 255 g/mol. The maximum absolute atomic E-state index is 3.76. The second kappa shape index (κ2) is 4.63. The summed E-state index contributed by atoms with van der Waals surface area (Å²) in [5, 5.41) is 3.76. The summed E-state index contributed by atoms with van der Waals surface area (Å²) in [5.41, 5.74) is 2.28. The van der Waals surface area contributed by atoms with Gasteiger partial charge < -0.3 is 5.32 Å². The first-order valence-corrected chi connectivity index (χ1v) is 8.17. The first kappa shape index (κ1) is 12.0. The Labute approximate surface area is 116 Å². The van der Waals surface area contributed by atoms with E-state index in [1.807, 2.05) is 0 Å². The van der Waals surface area contributed by atoms with E-state index in [4.69, 9.17) is 0 Å². The second-order valence-electron chi connectivity index (χ2n) is 7.03. The normalized spacial score (nSPS) is 37.5. The van der Waals surface area contributed by atoms with Gasteiger partial charge in [-0.1, -0.05) is 43.2 Å². The number of hydrogen-bond donors (Lipinski definition) is 1. The van der Waals surface area contributed by atoms with E-state index in [-0.39, 0.29) is 0 Å². The molecule has 3 saturated carbocycles. The van der Waals surface area contributed by atoms with Crippen molar-refractivity contribution in [2.24, 2.45) is 11.3 Å². The molecule has 1 spiro atoms. The van der Waals surface area contributed by atoms with E-state index in [1.54, 1.807) is 5.56 Å². The fourth-order valence-corrected chi connectivity index (χ4v) is 4.45. The fraction of sp³-hybridized carbons (Fsp3) is 0.667. The van der Waals surface area contributed by atoms with Gasteiger partial charge >= 0.3 is 0 Å². The summed E-state index contributed by atoms with van der Waals surface area (Å²) in [4.78, 5) is 0. The fourth-order valence-electron chi connectivity index (χ4n) is 4.45. The second-order valence-corrected chi connectivity index (χ2v) is 7.03. The van der Waals surface area contributed by atoms with E-state index >= 15 is 0 Å². The Hall–Kier alpha value is -0.820. The molecular formula is C18H25N. The van der Waals surface area contributed by atoms with Crippen LogP contribution < -0.4 is 5.32 Å². The SMILES string of the molecule is c1ccc(C2CCCCC23CC3CNC2CC2)cc1. The van der Waals surface area contributed by atoms with Crippen LogP contribution in [0.5, 0.6) is 0 Å². The third kappa shape index (κ3) is 2.23. The number of benzene rings is 1. The average Bonchev–Trinajstić information content (AvgIpc) is 3.36. The Morgan fingerprint density at radius 2 is 1.89 bits per heavy atom. The van der Waals surface area contributed by atoms with Crippen LogP contribution in [0, 0.1) is 11.3 Å². The monoisotopic (exact) mass is 255 g/mol. The zero-order valence-corrected chi connectivity index (χ0v) is 11.8. The van der Waals surface area contributed by atoms with E-state index in [2.05, 4.69) is 35.6 Å². The van der Waals surface area contributed by atoms with Gasteiger partial charge in [-0.15, -0.1) is 0 Å². The Morgan fingerprint density at radius 3 is 2.68 bits per heavy atom. The van der Waals surface area contributed by atoms with Crippen molar-refractivity contribution >= 4 is 0 Å². The Balaban J connectivity index is 1.49. The van der Waals surface area contributed by atoms with Gasteiger partial charge in [0.2, 0.25) is 0 Å². The lowest BCUT2D eigenvalue weighted by atomic mass is 9.71. The van der Waals surface area contributed by atoms with Crippen molar-refractivity contribution in [3.8, 4) is 0 Å². The lowest BCUT2D eigenvalue weighted by Crippen LogP contribution is -2.26. The molecule has 0 aromatic heterocycles. The van der Waals surface area contributed by atoms with Gasteiger partial charge in [-0.3, -0.25) is 0 Å². The van der Waals surface area contributed by atoms with Gasteiger partial charge in [0.15, 0.2) is 0 Å². The van der Waals surface area contributed by atoms with Crippen LogP contribution in [0.1, 0.15) is 56.4 Å². The molecule has 1 N–H and O–H groups in total. The summed E-state index contributed by atoms with van der Waals surface area (Å²) in [7, 11) is 0. The standard InChI is InChI=1S/C18H25N/c1-2-6-14(7-3-1)17-8-4-5-11-18(17)12-15(18)13-19-16-9-10-16/h1-3,6-7,15-17,19H,4-5,8-13H2. The summed E-state index contributed by atoms with van der Waals surface area (Å²) in [6, 6.07) is 12.2. The van der Waals surface area contributed by atoms with Crippen LogP contribution in [0.2, 0.25) is 0 Å². The first-order valence-electron chi connectivity index (χ1n) is 8.17. The highest BCUT2D eigenvalue weighted by atomic mass is 15.0.